The van der Waals surface area contributed by atoms with Crippen molar-refractivity contribution < 1.29 is 29.3 Å². The maximum absolute atomic E-state index is 5.84. The van der Waals surface area contributed by atoms with Crippen molar-refractivity contribution >= 4 is 25.0 Å². The molecule has 0 bridgehead atoms. The van der Waals surface area contributed by atoms with Gasteiger partial charge in [0, 0.05) is 0 Å². The minimum atomic E-state index is -2.72. The van der Waals surface area contributed by atoms with Gasteiger partial charge < -0.3 is 0 Å². The van der Waals surface area contributed by atoms with Gasteiger partial charge in [-0.2, -0.15) is 0 Å². The van der Waals surface area contributed by atoms with Gasteiger partial charge in [-0.3, -0.25) is 0 Å². The summed E-state index contributed by atoms with van der Waals surface area (Å²) in [5.74, 6) is 0. The first-order valence-corrected chi connectivity index (χ1v) is 26.2. The molecule has 172 valence electrons. The van der Waals surface area contributed by atoms with Crippen LogP contribution in [0.2, 0.25) is 63.7 Å². The van der Waals surface area contributed by atoms with Crippen molar-refractivity contribution in [2.75, 3.05) is 21.3 Å². The summed E-state index contributed by atoms with van der Waals surface area (Å²) < 4.78 is 17.7. The van der Waals surface area contributed by atoms with Crippen molar-refractivity contribution in [2.45, 2.75) is 63.7 Å². The van der Waals surface area contributed by atoms with Crippen LogP contribution in [0.25, 0.3) is 0 Å². The Labute approximate surface area is 186 Å². The van der Waals surface area contributed by atoms with Crippen LogP contribution in [0.1, 0.15) is 0 Å². The van der Waals surface area contributed by atoms with Crippen molar-refractivity contribution in [3.05, 3.63) is 48.2 Å². The molecule has 1 aliphatic rings. The predicted molar refractivity (Wildman–Crippen MR) is 133 cm³/mol. The van der Waals surface area contributed by atoms with E-state index in [1.54, 1.807) is 26.5 Å². The second kappa shape index (κ2) is 9.76. The molecule has 0 aromatic heterocycles. The number of rotatable bonds is 12. The molecule has 0 N–H and O–H groups in total. The molecule has 0 aliphatic heterocycles. The van der Waals surface area contributed by atoms with Crippen LogP contribution >= 0.6 is 0 Å². The molecule has 0 radical (unpaired) electrons. The standard InChI is InChI=1S/C19H35O3Si3.3CH3.Pt/c1-10-14-23(6,7)18-13-12-17(16-25(20-3,21-4)22-5)19(18)24(8,9)15-11-2;;;;/h10-13H,1-2,14-16H2,3-9H3;3*1H3;. The third-order valence-electron chi connectivity index (χ3n) is 6.19. The van der Waals surface area contributed by atoms with Gasteiger partial charge in [-0.25, -0.2) is 0 Å². The summed E-state index contributed by atoms with van der Waals surface area (Å²) in [6.45, 7) is 18.4. The van der Waals surface area contributed by atoms with E-state index in [-0.39, 0.29) is 3.43 Å². The van der Waals surface area contributed by atoms with E-state index in [0.29, 0.717) is 0 Å². The molecule has 1 rings (SSSR count). The van der Waals surface area contributed by atoms with E-state index >= 15 is 0 Å². The molecule has 1 unspecified atom stereocenters. The van der Waals surface area contributed by atoms with Gasteiger partial charge in [0.25, 0.3) is 0 Å². The molecule has 3 nitrogen and oxygen atoms in total. The summed E-state index contributed by atoms with van der Waals surface area (Å²) in [7, 11) is -1.02. The van der Waals surface area contributed by atoms with Crippen molar-refractivity contribution in [2.24, 2.45) is 0 Å². The monoisotopic (exact) mass is 635 g/mol. The average Bonchev–Trinajstić information content (AvgIpc) is 3.01. The Hall–Kier alpha value is 0.179. The zero-order chi connectivity index (χ0) is 22.7. The molecule has 0 heterocycles. The Morgan fingerprint density at radius 3 is 1.79 bits per heavy atom. The van der Waals surface area contributed by atoms with Crippen LogP contribution in [0, 0.1) is 0 Å². The van der Waals surface area contributed by atoms with Crippen LogP contribution in [-0.4, -0.2) is 46.3 Å². The quantitative estimate of drug-likeness (QED) is 0.170. The summed E-state index contributed by atoms with van der Waals surface area (Å²) in [5, 5.41) is 9.49. The zero-order valence-corrected chi connectivity index (χ0v) is 25.7. The Balaban J connectivity index is 3.91. The molecular weight excluding hydrogens is 592 g/mol. The van der Waals surface area contributed by atoms with Crippen molar-refractivity contribution in [1.82, 2.24) is 0 Å². The summed E-state index contributed by atoms with van der Waals surface area (Å²) in [5.41, 5.74) is 1.42. The molecule has 0 saturated carbocycles. The molecule has 29 heavy (non-hydrogen) atoms. The second-order valence-corrected chi connectivity index (χ2v) is 35.2. The van der Waals surface area contributed by atoms with E-state index < -0.39 is 41.0 Å². The van der Waals surface area contributed by atoms with E-state index in [0.717, 1.165) is 18.1 Å². The molecule has 0 fully saturated rings. The Morgan fingerprint density at radius 2 is 1.41 bits per heavy atom. The first-order valence-electron chi connectivity index (χ1n) is 9.90. The van der Waals surface area contributed by atoms with Crippen molar-refractivity contribution in [1.29, 1.82) is 0 Å². The van der Waals surface area contributed by atoms with E-state index in [4.69, 9.17) is 13.3 Å². The topological polar surface area (TPSA) is 27.7 Å². The maximum atomic E-state index is 5.84. The molecule has 0 aromatic carbocycles. The van der Waals surface area contributed by atoms with Gasteiger partial charge in [0.2, 0.25) is 0 Å². The van der Waals surface area contributed by atoms with E-state index in [1.165, 1.54) is 5.57 Å². The third kappa shape index (κ3) is 5.00. The normalized spacial score (nSPS) is 21.6. The van der Waals surface area contributed by atoms with E-state index in [2.05, 4.69) is 79.6 Å². The van der Waals surface area contributed by atoms with Crippen LogP contribution in [0.15, 0.2) is 48.2 Å². The average molecular weight is 636 g/mol. The van der Waals surface area contributed by atoms with Crippen LogP contribution in [-0.2, 0) is 29.3 Å². The molecule has 1 atom stereocenters. The van der Waals surface area contributed by atoms with Gasteiger partial charge in [0.1, 0.15) is 0 Å². The van der Waals surface area contributed by atoms with Gasteiger partial charge in [-0.05, 0) is 0 Å². The Morgan fingerprint density at radius 1 is 0.931 bits per heavy atom. The fourth-order valence-electron chi connectivity index (χ4n) is 4.92. The molecule has 1 aliphatic carbocycles. The fraction of sp³-hybridized carbons (Fsp3) is 0.636. The summed E-state index contributed by atoms with van der Waals surface area (Å²) in [4.78, 5) is 0. The predicted octanol–water partition coefficient (Wildman–Crippen LogP) is 7.06. The van der Waals surface area contributed by atoms with Gasteiger partial charge >= 0.3 is 188 Å². The van der Waals surface area contributed by atoms with Gasteiger partial charge in [0.15, 0.2) is 0 Å². The van der Waals surface area contributed by atoms with Crippen LogP contribution < -0.4 is 0 Å². The first kappa shape index (κ1) is 27.2. The second-order valence-electron chi connectivity index (χ2n) is 9.55. The molecule has 0 spiro atoms. The molecule has 7 heteroatoms. The molecule has 0 saturated heterocycles. The molecule has 0 aromatic rings. The SMILES string of the molecule is C=CC[Si](C)(C)C1=C(C[Si](OC)(OC)OC)C=C[C]1([Si](C)(C)CC=C)[Pt]([CH3])([CH3])[CH3]. The molecule has 0 amide bonds. The Bertz CT molecular complexity index is 665. The van der Waals surface area contributed by atoms with E-state index in [9.17, 15) is 0 Å². The third-order valence-corrected chi connectivity index (χ3v) is 31.5. The van der Waals surface area contributed by atoms with Crippen LogP contribution in [0.5, 0.6) is 0 Å². The minimum absolute atomic E-state index is 0.234. The van der Waals surface area contributed by atoms with Crippen molar-refractivity contribution in [3.8, 4) is 0 Å². The summed E-state index contributed by atoms with van der Waals surface area (Å²) >= 11 is -2.15. The number of hydrogen-bond acceptors (Lipinski definition) is 3. The summed E-state index contributed by atoms with van der Waals surface area (Å²) in [6.07, 6.45) is 9.32. The van der Waals surface area contributed by atoms with E-state index in [1.807, 2.05) is 0 Å². The number of hydrogen-bond donors (Lipinski definition) is 0. The van der Waals surface area contributed by atoms with Crippen molar-refractivity contribution in [3.63, 3.8) is 0 Å². The fourth-order valence-corrected chi connectivity index (χ4v) is 37.7. The van der Waals surface area contributed by atoms with Gasteiger partial charge in [-0.15, -0.1) is 0 Å². The van der Waals surface area contributed by atoms with Gasteiger partial charge in [-0.1, -0.05) is 0 Å². The molecular formula is C22H44O3PtSi3. The number of allylic oxidation sites excluding steroid dienone is 6. The zero-order valence-electron chi connectivity index (χ0n) is 20.4. The van der Waals surface area contributed by atoms with Gasteiger partial charge in [0.05, 0.1) is 0 Å². The van der Waals surface area contributed by atoms with Crippen LogP contribution in [0.3, 0.4) is 0 Å². The first-order chi connectivity index (χ1) is 13.2. The summed E-state index contributed by atoms with van der Waals surface area (Å²) in [6, 6.07) is 2.97. The Kier molecular flexibility index (Phi) is 9.16. The van der Waals surface area contributed by atoms with Crippen LogP contribution in [0.4, 0.5) is 0 Å².